The highest BCUT2D eigenvalue weighted by Gasteiger charge is 2.48. The first kappa shape index (κ1) is 10.6. The van der Waals surface area contributed by atoms with Crippen LogP contribution in [0.25, 0.3) is 0 Å². The van der Waals surface area contributed by atoms with Gasteiger partial charge in [-0.15, -0.1) is 0 Å². The molecule has 16 heavy (non-hydrogen) atoms. The van der Waals surface area contributed by atoms with Crippen LogP contribution in [0.1, 0.15) is 39.0 Å². The number of ether oxygens (including phenoxy) is 2. The number of hydrogen-bond donors (Lipinski definition) is 0. The lowest BCUT2D eigenvalue weighted by molar-refractivity contribution is -0.184. The fourth-order valence-corrected chi connectivity index (χ4v) is 4.34. The van der Waals surface area contributed by atoms with Crippen molar-refractivity contribution >= 4 is 5.97 Å². The monoisotopic (exact) mass is 224 g/mol. The topological polar surface area (TPSA) is 35.5 Å². The normalized spacial score (nSPS) is 44.7. The SMILES string of the molecule is CC(=O)OCOC1C2CC3CC(C2)CC1C3. The van der Waals surface area contributed by atoms with Crippen LogP contribution >= 0.6 is 0 Å². The van der Waals surface area contributed by atoms with Crippen molar-refractivity contribution in [1.82, 2.24) is 0 Å². The summed E-state index contributed by atoms with van der Waals surface area (Å²) >= 11 is 0. The lowest BCUT2D eigenvalue weighted by Crippen LogP contribution is -2.49. The van der Waals surface area contributed by atoms with Crippen molar-refractivity contribution in [3.63, 3.8) is 0 Å². The Morgan fingerprint density at radius 2 is 1.62 bits per heavy atom. The van der Waals surface area contributed by atoms with Crippen LogP contribution in [0.4, 0.5) is 0 Å². The molecule has 0 heterocycles. The Balaban J connectivity index is 1.57. The minimum Gasteiger partial charge on any atom is -0.439 e. The summed E-state index contributed by atoms with van der Waals surface area (Å²) < 4.78 is 10.7. The zero-order chi connectivity index (χ0) is 11.1. The fraction of sp³-hybridized carbons (Fsp3) is 0.923. The van der Waals surface area contributed by atoms with Gasteiger partial charge in [0.25, 0.3) is 0 Å². The van der Waals surface area contributed by atoms with Gasteiger partial charge in [0.15, 0.2) is 6.79 Å². The average Bonchev–Trinajstić information content (AvgIpc) is 2.20. The maximum absolute atomic E-state index is 10.7. The summed E-state index contributed by atoms with van der Waals surface area (Å²) in [7, 11) is 0. The second-order valence-electron chi connectivity index (χ2n) is 5.82. The molecule has 0 aromatic heterocycles. The maximum atomic E-state index is 10.7. The molecule has 3 heteroatoms. The third-order valence-corrected chi connectivity index (χ3v) is 4.66. The van der Waals surface area contributed by atoms with Gasteiger partial charge in [0.05, 0.1) is 6.10 Å². The first-order valence-corrected chi connectivity index (χ1v) is 6.47. The Hall–Kier alpha value is -0.570. The second kappa shape index (κ2) is 4.02. The summed E-state index contributed by atoms with van der Waals surface area (Å²) in [5, 5.41) is 0. The van der Waals surface area contributed by atoms with Crippen LogP contribution < -0.4 is 0 Å². The zero-order valence-corrected chi connectivity index (χ0v) is 9.85. The molecule has 0 aromatic carbocycles. The summed E-state index contributed by atoms with van der Waals surface area (Å²) in [4.78, 5) is 10.7. The summed E-state index contributed by atoms with van der Waals surface area (Å²) in [6.07, 6.45) is 7.21. The first-order valence-electron chi connectivity index (χ1n) is 6.47. The fourth-order valence-electron chi connectivity index (χ4n) is 4.34. The van der Waals surface area contributed by atoms with Crippen molar-refractivity contribution in [2.45, 2.75) is 45.1 Å². The van der Waals surface area contributed by atoms with Crippen LogP contribution in [0.3, 0.4) is 0 Å². The standard InChI is InChI=1S/C13H20O3/c1-8(14)15-7-16-13-11-3-9-2-10(5-11)6-12(13)4-9/h9-13H,2-7H2,1H3. The van der Waals surface area contributed by atoms with Gasteiger partial charge in [0.1, 0.15) is 0 Å². The minimum atomic E-state index is -0.246. The van der Waals surface area contributed by atoms with E-state index in [0.29, 0.717) is 6.10 Å². The van der Waals surface area contributed by atoms with Crippen molar-refractivity contribution in [3.05, 3.63) is 0 Å². The van der Waals surface area contributed by atoms with E-state index in [1.54, 1.807) is 0 Å². The lowest BCUT2D eigenvalue weighted by atomic mass is 9.55. The van der Waals surface area contributed by atoms with Gasteiger partial charge in [0.2, 0.25) is 0 Å². The smallest absolute Gasteiger partial charge is 0.304 e. The number of rotatable bonds is 3. The van der Waals surface area contributed by atoms with E-state index >= 15 is 0 Å². The Morgan fingerprint density at radius 1 is 1.06 bits per heavy atom. The molecule has 0 amide bonds. The number of carbonyl (C=O) groups excluding carboxylic acids is 1. The highest BCUT2D eigenvalue weighted by Crippen LogP contribution is 2.54. The molecule has 0 aromatic rings. The van der Waals surface area contributed by atoms with Crippen LogP contribution in [0.15, 0.2) is 0 Å². The Bertz CT molecular complexity index is 259. The van der Waals surface area contributed by atoms with E-state index in [1.165, 1.54) is 39.0 Å². The van der Waals surface area contributed by atoms with E-state index in [0.717, 1.165) is 23.7 Å². The van der Waals surface area contributed by atoms with E-state index in [4.69, 9.17) is 9.47 Å². The van der Waals surface area contributed by atoms with Crippen molar-refractivity contribution in [3.8, 4) is 0 Å². The third-order valence-electron chi connectivity index (χ3n) is 4.66. The number of carbonyl (C=O) groups is 1. The molecule has 0 atom stereocenters. The van der Waals surface area contributed by atoms with E-state index in [2.05, 4.69) is 0 Å². The molecule has 4 aliphatic carbocycles. The Morgan fingerprint density at radius 3 is 2.12 bits per heavy atom. The molecule has 4 fully saturated rings. The largest absolute Gasteiger partial charge is 0.439 e. The van der Waals surface area contributed by atoms with Crippen molar-refractivity contribution < 1.29 is 14.3 Å². The third kappa shape index (κ3) is 1.86. The summed E-state index contributed by atoms with van der Waals surface area (Å²) in [6.45, 7) is 1.59. The van der Waals surface area contributed by atoms with E-state index in [-0.39, 0.29) is 12.8 Å². The van der Waals surface area contributed by atoms with Crippen LogP contribution in [0.2, 0.25) is 0 Å². The van der Waals surface area contributed by atoms with Gasteiger partial charge in [-0.1, -0.05) is 0 Å². The molecule has 0 saturated heterocycles. The summed E-state index contributed by atoms with van der Waals surface area (Å²) in [5.74, 6) is 3.18. The molecule has 3 nitrogen and oxygen atoms in total. The van der Waals surface area contributed by atoms with Gasteiger partial charge in [-0.2, -0.15) is 0 Å². The highest BCUT2D eigenvalue weighted by molar-refractivity contribution is 5.65. The van der Waals surface area contributed by atoms with Crippen LogP contribution in [0, 0.1) is 23.7 Å². The molecule has 0 radical (unpaired) electrons. The average molecular weight is 224 g/mol. The van der Waals surface area contributed by atoms with Gasteiger partial charge < -0.3 is 9.47 Å². The van der Waals surface area contributed by atoms with Gasteiger partial charge >= 0.3 is 5.97 Å². The van der Waals surface area contributed by atoms with Crippen molar-refractivity contribution in [1.29, 1.82) is 0 Å². The molecule has 0 aliphatic heterocycles. The molecule has 0 spiro atoms. The Labute approximate surface area is 96.5 Å². The van der Waals surface area contributed by atoms with Gasteiger partial charge in [-0.3, -0.25) is 4.79 Å². The highest BCUT2D eigenvalue weighted by atomic mass is 16.7. The molecule has 90 valence electrons. The second-order valence-corrected chi connectivity index (χ2v) is 5.82. The molecular weight excluding hydrogens is 204 g/mol. The minimum absolute atomic E-state index is 0.155. The van der Waals surface area contributed by atoms with Gasteiger partial charge in [-0.25, -0.2) is 0 Å². The van der Waals surface area contributed by atoms with E-state index < -0.39 is 0 Å². The van der Waals surface area contributed by atoms with Gasteiger partial charge in [-0.05, 0) is 55.8 Å². The van der Waals surface area contributed by atoms with Gasteiger partial charge in [0, 0.05) is 6.92 Å². The molecule has 4 rings (SSSR count). The zero-order valence-electron chi connectivity index (χ0n) is 9.85. The van der Waals surface area contributed by atoms with Crippen LogP contribution in [-0.2, 0) is 14.3 Å². The van der Waals surface area contributed by atoms with E-state index in [1.807, 2.05) is 0 Å². The molecule has 4 bridgehead atoms. The quantitative estimate of drug-likeness (QED) is 0.545. The van der Waals surface area contributed by atoms with Crippen molar-refractivity contribution in [2.24, 2.45) is 23.7 Å². The molecule has 4 aliphatic rings. The Kier molecular flexibility index (Phi) is 2.66. The first-order chi connectivity index (χ1) is 7.72. The molecule has 0 unspecified atom stereocenters. The lowest BCUT2D eigenvalue weighted by Gasteiger charge is -2.53. The predicted molar refractivity (Wildman–Crippen MR) is 58.6 cm³/mol. The maximum Gasteiger partial charge on any atom is 0.304 e. The predicted octanol–water partition coefficient (Wildman–Crippen LogP) is 2.35. The summed E-state index contributed by atoms with van der Waals surface area (Å²) in [6, 6.07) is 0. The summed E-state index contributed by atoms with van der Waals surface area (Å²) in [5.41, 5.74) is 0. The number of esters is 1. The van der Waals surface area contributed by atoms with E-state index in [9.17, 15) is 4.79 Å². The molecule has 0 N–H and O–H groups in total. The number of hydrogen-bond acceptors (Lipinski definition) is 3. The van der Waals surface area contributed by atoms with Crippen molar-refractivity contribution in [2.75, 3.05) is 6.79 Å². The molecule has 4 saturated carbocycles. The molecular formula is C13H20O3. The van der Waals surface area contributed by atoms with Crippen LogP contribution in [0.5, 0.6) is 0 Å². The van der Waals surface area contributed by atoms with Crippen LogP contribution in [-0.4, -0.2) is 18.9 Å².